The van der Waals surface area contributed by atoms with Gasteiger partial charge in [0.05, 0.1) is 6.10 Å². The average molecular weight is 411 g/mol. The van der Waals surface area contributed by atoms with Crippen molar-refractivity contribution in [2.24, 2.45) is 5.92 Å². The quantitative estimate of drug-likeness (QED) is 0.473. The molecule has 1 aromatic heterocycles. The summed E-state index contributed by atoms with van der Waals surface area (Å²) in [7, 11) is 1.99. The predicted molar refractivity (Wildman–Crippen MR) is 103 cm³/mol. The summed E-state index contributed by atoms with van der Waals surface area (Å²) in [6.45, 7) is 1.76. The standard InChI is InChI=1S/C17H25N3O3.2CH2O2/c1-19-8-4-17(23,5-9-19)16(22)20-11-14(15(21)12-20)10-13-2-6-18-7-3-13;2*2-1-3/h2-3,6-7,14-15,21,23H,4-5,8-12H2,1H3;2*1H,(H,2,3)/t14-,15+;;/m1../s1. The van der Waals surface area contributed by atoms with Crippen LogP contribution in [0, 0.1) is 5.92 Å². The van der Waals surface area contributed by atoms with Crippen LogP contribution in [0.4, 0.5) is 0 Å². The van der Waals surface area contributed by atoms with E-state index in [1.54, 1.807) is 17.3 Å². The minimum Gasteiger partial charge on any atom is -0.483 e. The molecule has 10 nitrogen and oxygen atoms in total. The van der Waals surface area contributed by atoms with Gasteiger partial charge in [0, 0.05) is 44.5 Å². The van der Waals surface area contributed by atoms with Gasteiger partial charge in [0.25, 0.3) is 18.9 Å². The summed E-state index contributed by atoms with van der Waals surface area (Å²) in [5.74, 6) is -0.210. The summed E-state index contributed by atoms with van der Waals surface area (Å²) < 4.78 is 0. The number of rotatable bonds is 3. The van der Waals surface area contributed by atoms with Crippen molar-refractivity contribution in [1.29, 1.82) is 0 Å². The molecule has 2 fully saturated rings. The first kappa shape index (κ1) is 24.5. The Kier molecular flexibility index (Phi) is 10.2. The number of hydrogen-bond donors (Lipinski definition) is 4. The molecule has 3 rings (SSSR count). The van der Waals surface area contributed by atoms with Crippen molar-refractivity contribution in [3.8, 4) is 0 Å². The predicted octanol–water partition coefficient (Wildman–Crippen LogP) is -0.698. The third-order valence-corrected chi connectivity index (χ3v) is 5.15. The maximum atomic E-state index is 12.7. The van der Waals surface area contributed by atoms with E-state index in [4.69, 9.17) is 19.8 Å². The Morgan fingerprint density at radius 3 is 2.21 bits per heavy atom. The lowest BCUT2D eigenvalue weighted by Crippen LogP contribution is -2.54. The fourth-order valence-corrected chi connectivity index (χ4v) is 3.54. The second-order valence-corrected chi connectivity index (χ2v) is 7.14. The molecule has 0 aromatic carbocycles. The second kappa shape index (κ2) is 12.1. The van der Waals surface area contributed by atoms with Crippen LogP contribution in [0.15, 0.2) is 24.5 Å². The molecule has 162 valence electrons. The Balaban J connectivity index is 0.000000626. The molecule has 0 aliphatic carbocycles. The molecule has 0 bridgehead atoms. The first-order valence-electron chi connectivity index (χ1n) is 9.24. The van der Waals surface area contributed by atoms with Crippen LogP contribution in [-0.2, 0) is 20.8 Å². The van der Waals surface area contributed by atoms with Crippen LogP contribution < -0.4 is 0 Å². The maximum absolute atomic E-state index is 12.7. The number of amides is 1. The van der Waals surface area contributed by atoms with Gasteiger partial charge in [0.2, 0.25) is 0 Å². The molecule has 1 aromatic rings. The number of pyridine rings is 1. The van der Waals surface area contributed by atoms with Gasteiger partial charge >= 0.3 is 0 Å². The highest BCUT2D eigenvalue weighted by Gasteiger charge is 2.45. The van der Waals surface area contributed by atoms with E-state index >= 15 is 0 Å². The largest absolute Gasteiger partial charge is 0.483 e. The van der Waals surface area contributed by atoms with E-state index in [0.29, 0.717) is 32.4 Å². The number of hydrogen-bond acceptors (Lipinski definition) is 7. The van der Waals surface area contributed by atoms with Crippen LogP contribution in [0.3, 0.4) is 0 Å². The zero-order valence-corrected chi connectivity index (χ0v) is 16.4. The molecule has 0 unspecified atom stereocenters. The Labute approximate surface area is 169 Å². The van der Waals surface area contributed by atoms with Gasteiger partial charge < -0.3 is 30.2 Å². The van der Waals surface area contributed by atoms with E-state index in [1.807, 2.05) is 19.2 Å². The molecule has 1 amide bonds. The molecule has 2 aliphatic heterocycles. The summed E-state index contributed by atoms with van der Waals surface area (Å²) in [6.07, 6.45) is 4.58. The van der Waals surface area contributed by atoms with Crippen molar-refractivity contribution < 1.29 is 34.8 Å². The highest BCUT2D eigenvalue weighted by atomic mass is 16.3. The molecule has 10 heteroatoms. The van der Waals surface area contributed by atoms with E-state index < -0.39 is 11.7 Å². The summed E-state index contributed by atoms with van der Waals surface area (Å²) in [6, 6.07) is 3.86. The normalized spacial score (nSPS) is 23.1. The van der Waals surface area contributed by atoms with Crippen molar-refractivity contribution in [3.05, 3.63) is 30.1 Å². The van der Waals surface area contributed by atoms with Crippen molar-refractivity contribution in [2.45, 2.75) is 31.0 Å². The minimum absolute atomic E-state index is 0.0104. The molecule has 2 atom stereocenters. The van der Waals surface area contributed by atoms with E-state index in [0.717, 1.165) is 18.7 Å². The summed E-state index contributed by atoms with van der Waals surface area (Å²) >= 11 is 0. The Morgan fingerprint density at radius 1 is 1.17 bits per heavy atom. The molecule has 3 heterocycles. The maximum Gasteiger partial charge on any atom is 0.290 e. The number of aromatic nitrogens is 1. The van der Waals surface area contributed by atoms with Gasteiger partial charge in [-0.25, -0.2) is 0 Å². The van der Waals surface area contributed by atoms with Crippen LogP contribution in [-0.4, -0.2) is 99.0 Å². The van der Waals surface area contributed by atoms with Gasteiger partial charge in [0.15, 0.2) is 0 Å². The molecular weight excluding hydrogens is 382 g/mol. The summed E-state index contributed by atoms with van der Waals surface area (Å²) in [5, 5.41) is 34.7. The molecular formula is C19H29N3O7. The lowest BCUT2D eigenvalue weighted by atomic mass is 9.90. The SMILES string of the molecule is CN1CCC(O)(C(=O)N2C[C@@H](Cc3ccncc3)[C@@H](O)C2)CC1.O=CO.O=CO. The van der Waals surface area contributed by atoms with Crippen molar-refractivity contribution in [3.63, 3.8) is 0 Å². The molecule has 4 N–H and O–H groups in total. The lowest BCUT2D eigenvalue weighted by Gasteiger charge is -2.37. The molecule has 2 saturated heterocycles. The van der Waals surface area contributed by atoms with Crippen LogP contribution >= 0.6 is 0 Å². The first-order valence-corrected chi connectivity index (χ1v) is 9.24. The fraction of sp³-hybridized carbons (Fsp3) is 0.579. The van der Waals surface area contributed by atoms with E-state index in [2.05, 4.69) is 9.88 Å². The molecule has 2 aliphatic rings. The highest BCUT2D eigenvalue weighted by molar-refractivity contribution is 5.85. The number of carbonyl (C=O) groups is 3. The van der Waals surface area contributed by atoms with Gasteiger partial charge in [-0.3, -0.25) is 19.4 Å². The number of carboxylic acid groups (broad SMARTS) is 2. The third kappa shape index (κ3) is 7.41. The zero-order chi connectivity index (χ0) is 21.9. The second-order valence-electron chi connectivity index (χ2n) is 7.14. The Hall–Kier alpha value is -2.56. The van der Waals surface area contributed by atoms with E-state index in [-0.39, 0.29) is 24.8 Å². The smallest absolute Gasteiger partial charge is 0.290 e. The third-order valence-electron chi connectivity index (χ3n) is 5.15. The number of β-amino-alcohol motifs (C(OH)–C–C–N with tert-alkyl or cyclic N) is 1. The van der Waals surface area contributed by atoms with Gasteiger partial charge in [0.1, 0.15) is 5.60 Å². The number of nitrogens with zero attached hydrogens (tertiary/aromatic N) is 3. The number of carbonyl (C=O) groups excluding carboxylic acids is 1. The molecule has 0 saturated carbocycles. The van der Waals surface area contributed by atoms with Crippen LogP contribution in [0.1, 0.15) is 18.4 Å². The Bertz CT molecular complexity index is 630. The number of aliphatic hydroxyl groups is 2. The zero-order valence-electron chi connectivity index (χ0n) is 16.4. The summed E-state index contributed by atoms with van der Waals surface area (Å²) in [5.41, 5.74) is -0.158. The Morgan fingerprint density at radius 2 is 1.69 bits per heavy atom. The van der Waals surface area contributed by atoms with Crippen LogP contribution in [0.5, 0.6) is 0 Å². The highest BCUT2D eigenvalue weighted by Crippen LogP contribution is 2.28. The summed E-state index contributed by atoms with van der Waals surface area (Å²) in [4.78, 5) is 37.2. The number of likely N-dealkylation sites (tertiary alicyclic amines) is 2. The van der Waals surface area contributed by atoms with Crippen LogP contribution in [0.2, 0.25) is 0 Å². The van der Waals surface area contributed by atoms with Crippen LogP contribution in [0.25, 0.3) is 0 Å². The topological polar surface area (TPSA) is 152 Å². The fourth-order valence-electron chi connectivity index (χ4n) is 3.54. The number of piperidine rings is 1. The molecule has 0 radical (unpaired) electrons. The lowest BCUT2D eigenvalue weighted by molar-refractivity contribution is -0.155. The van der Waals surface area contributed by atoms with Crippen molar-refractivity contribution >= 4 is 18.9 Å². The monoisotopic (exact) mass is 411 g/mol. The first-order chi connectivity index (χ1) is 13.8. The van der Waals surface area contributed by atoms with E-state index in [1.165, 1.54) is 0 Å². The van der Waals surface area contributed by atoms with Crippen molar-refractivity contribution in [2.75, 3.05) is 33.2 Å². The minimum atomic E-state index is -1.27. The van der Waals surface area contributed by atoms with Gasteiger partial charge in [-0.2, -0.15) is 0 Å². The van der Waals surface area contributed by atoms with Gasteiger partial charge in [-0.05, 0) is 44.0 Å². The van der Waals surface area contributed by atoms with Gasteiger partial charge in [-0.15, -0.1) is 0 Å². The van der Waals surface area contributed by atoms with E-state index in [9.17, 15) is 15.0 Å². The van der Waals surface area contributed by atoms with Gasteiger partial charge in [-0.1, -0.05) is 0 Å². The number of aliphatic hydroxyl groups excluding tert-OH is 1. The molecule has 0 spiro atoms. The average Bonchev–Trinajstić information content (AvgIpc) is 3.06. The van der Waals surface area contributed by atoms with Crippen molar-refractivity contribution in [1.82, 2.24) is 14.8 Å². The molecule has 29 heavy (non-hydrogen) atoms.